The van der Waals surface area contributed by atoms with Crippen LogP contribution in [0.4, 0.5) is 17.6 Å². The number of nitrogens with two attached hydrogens (primary N) is 1. The van der Waals surface area contributed by atoms with Crippen molar-refractivity contribution in [2.24, 2.45) is 0 Å². The summed E-state index contributed by atoms with van der Waals surface area (Å²) >= 11 is 5.78. The first-order chi connectivity index (χ1) is 8.47. The molecule has 0 aliphatic heterocycles. The molecule has 6 heteroatoms. The number of halogens is 1. The molecule has 0 unspecified atom stereocenters. The predicted molar refractivity (Wildman–Crippen MR) is 73.2 cm³/mol. The summed E-state index contributed by atoms with van der Waals surface area (Å²) in [5, 5.41) is 0.0918. The van der Waals surface area contributed by atoms with Gasteiger partial charge in [0.2, 0.25) is 17.2 Å². The molecule has 0 amide bonds. The van der Waals surface area contributed by atoms with Crippen molar-refractivity contribution in [2.75, 3.05) is 17.7 Å². The van der Waals surface area contributed by atoms with Crippen molar-refractivity contribution in [1.82, 2.24) is 15.0 Å². The van der Waals surface area contributed by atoms with E-state index in [1.807, 2.05) is 31.0 Å². The molecule has 0 aliphatic rings. The summed E-state index contributed by atoms with van der Waals surface area (Å²) in [6.45, 7) is 4.08. The Balaban J connectivity index is 2.44. The monoisotopic (exact) mass is 263 g/mol. The number of rotatable bonds is 2. The summed E-state index contributed by atoms with van der Waals surface area (Å²) in [5.74, 6) is 0.543. The van der Waals surface area contributed by atoms with Crippen molar-refractivity contribution in [3.63, 3.8) is 0 Å². The molecule has 0 atom stereocenters. The van der Waals surface area contributed by atoms with E-state index in [-0.39, 0.29) is 11.2 Å². The van der Waals surface area contributed by atoms with E-state index in [0.29, 0.717) is 5.95 Å². The average molecular weight is 264 g/mol. The van der Waals surface area contributed by atoms with Crippen molar-refractivity contribution in [3.8, 4) is 0 Å². The van der Waals surface area contributed by atoms with Gasteiger partial charge in [0.15, 0.2) is 0 Å². The Hall–Kier alpha value is -1.88. The minimum atomic E-state index is 0.0918. The fraction of sp³-hybridized carbons (Fsp3) is 0.250. The van der Waals surface area contributed by atoms with Gasteiger partial charge in [-0.3, -0.25) is 0 Å². The van der Waals surface area contributed by atoms with Crippen LogP contribution in [0.5, 0.6) is 0 Å². The van der Waals surface area contributed by atoms with Crippen LogP contribution >= 0.6 is 11.6 Å². The highest BCUT2D eigenvalue weighted by Gasteiger charge is 2.11. The standard InChI is InChI=1S/C12H14ClN5/c1-7-4-5-9(8(2)6-7)18(3)12-16-10(13)15-11(14)17-12/h4-6H,1-3H3,(H2,14,15,16,17). The SMILES string of the molecule is Cc1ccc(N(C)c2nc(N)nc(Cl)n2)c(C)c1. The second-order valence-electron chi connectivity index (χ2n) is 4.11. The fourth-order valence-corrected chi connectivity index (χ4v) is 1.96. The summed E-state index contributed by atoms with van der Waals surface area (Å²) in [4.78, 5) is 13.7. The average Bonchev–Trinajstić information content (AvgIpc) is 2.26. The van der Waals surface area contributed by atoms with E-state index in [0.717, 1.165) is 11.3 Å². The van der Waals surface area contributed by atoms with E-state index in [9.17, 15) is 0 Å². The Morgan fingerprint density at radius 2 is 1.89 bits per heavy atom. The Morgan fingerprint density at radius 1 is 1.17 bits per heavy atom. The zero-order valence-corrected chi connectivity index (χ0v) is 11.2. The van der Waals surface area contributed by atoms with Gasteiger partial charge in [0.1, 0.15) is 0 Å². The molecule has 2 N–H and O–H groups in total. The molecule has 0 radical (unpaired) electrons. The maximum Gasteiger partial charge on any atom is 0.235 e. The topological polar surface area (TPSA) is 67.9 Å². The molecule has 0 fully saturated rings. The Kier molecular flexibility index (Phi) is 3.34. The van der Waals surface area contributed by atoms with Crippen LogP contribution in [0.25, 0.3) is 0 Å². The molecule has 2 aromatic rings. The maximum atomic E-state index is 5.78. The van der Waals surface area contributed by atoms with Crippen molar-refractivity contribution < 1.29 is 0 Å². The van der Waals surface area contributed by atoms with E-state index >= 15 is 0 Å². The Bertz CT molecular complexity index is 564. The minimum Gasteiger partial charge on any atom is -0.368 e. The van der Waals surface area contributed by atoms with E-state index in [4.69, 9.17) is 17.3 Å². The summed E-state index contributed by atoms with van der Waals surface area (Å²) in [6.07, 6.45) is 0. The second-order valence-corrected chi connectivity index (χ2v) is 4.45. The van der Waals surface area contributed by atoms with E-state index in [2.05, 4.69) is 27.9 Å². The van der Waals surface area contributed by atoms with Crippen molar-refractivity contribution in [3.05, 3.63) is 34.6 Å². The third kappa shape index (κ3) is 2.51. The molecule has 2 rings (SSSR count). The number of nitrogens with zero attached hydrogens (tertiary/aromatic N) is 4. The van der Waals surface area contributed by atoms with Crippen LogP contribution in [0.15, 0.2) is 18.2 Å². The molecule has 1 aromatic heterocycles. The number of nitrogen functional groups attached to an aromatic ring is 1. The summed E-state index contributed by atoms with van der Waals surface area (Å²) in [7, 11) is 1.86. The highest BCUT2D eigenvalue weighted by molar-refractivity contribution is 6.28. The van der Waals surface area contributed by atoms with Crippen LogP contribution in [0.3, 0.4) is 0 Å². The fourth-order valence-electron chi connectivity index (χ4n) is 1.79. The molecule has 0 saturated heterocycles. The normalized spacial score (nSPS) is 10.4. The minimum absolute atomic E-state index is 0.0918. The molecule has 1 aromatic carbocycles. The molecule has 5 nitrogen and oxygen atoms in total. The van der Waals surface area contributed by atoms with Gasteiger partial charge in [-0.1, -0.05) is 17.7 Å². The maximum absolute atomic E-state index is 5.78. The molecule has 1 heterocycles. The first-order valence-corrected chi connectivity index (χ1v) is 5.83. The van der Waals surface area contributed by atoms with Crippen LogP contribution < -0.4 is 10.6 Å². The van der Waals surface area contributed by atoms with Gasteiger partial charge in [0, 0.05) is 12.7 Å². The second kappa shape index (κ2) is 4.78. The first-order valence-electron chi connectivity index (χ1n) is 5.45. The lowest BCUT2D eigenvalue weighted by Gasteiger charge is -2.19. The van der Waals surface area contributed by atoms with Crippen LogP contribution in [0, 0.1) is 13.8 Å². The molecular formula is C12H14ClN5. The molecule has 0 aliphatic carbocycles. The van der Waals surface area contributed by atoms with Crippen LogP contribution in [-0.4, -0.2) is 22.0 Å². The smallest absolute Gasteiger partial charge is 0.235 e. The number of anilines is 3. The van der Waals surface area contributed by atoms with E-state index in [1.54, 1.807) is 0 Å². The van der Waals surface area contributed by atoms with Gasteiger partial charge in [-0.25, -0.2) is 0 Å². The molecule has 0 saturated carbocycles. The molecule has 0 bridgehead atoms. The van der Waals surface area contributed by atoms with Gasteiger partial charge in [0.25, 0.3) is 0 Å². The van der Waals surface area contributed by atoms with Crippen molar-refractivity contribution >= 4 is 29.2 Å². The van der Waals surface area contributed by atoms with Gasteiger partial charge in [-0.15, -0.1) is 0 Å². The summed E-state index contributed by atoms with van der Waals surface area (Å²) < 4.78 is 0. The van der Waals surface area contributed by atoms with Crippen LogP contribution in [0.2, 0.25) is 5.28 Å². The van der Waals surface area contributed by atoms with Crippen LogP contribution in [-0.2, 0) is 0 Å². The molecule has 18 heavy (non-hydrogen) atoms. The number of hydrogen-bond donors (Lipinski definition) is 1. The summed E-state index contributed by atoms with van der Waals surface area (Å²) in [5.41, 5.74) is 8.90. The van der Waals surface area contributed by atoms with Crippen molar-refractivity contribution in [1.29, 1.82) is 0 Å². The zero-order chi connectivity index (χ0) is 13.3. The van der Waals surface area contributed by atoms with Crippen molar-refractivity contribution in [2.45, 2.75) is 13.8 Å². The largest absolute Gasteiger partial charge is 0.368 e. The number of aromatic nitrogens is 3. The van der Waals surface area contributed by atoms with Gasteiger partial charge in [-0.2, -0.15) is 15.0 Å². The van der Waals surface area contributed by atoms with Gasteiger partial charge in [0.05, 0.1) is 0 Å². The van der Waals surface area contributed by atoms with E-state index in [1.165, 1.54) is 5.56 Å². The lowest BCUT2D eigenvalue weighted by Crippen LogP contribution is -2.16. The van der Waals surface area contributed by atoms with Gasteiger partial charge >= 0.3 is 0 Å². The third-order valence-corrected chi connectivity index (χ3v) is 2.80. The predicted octanol–water partition coefficient (Wildman–Crippen LogP) is 2.49. The zero-order valence-electron chi connectivity index (χ0n) is 10.5. The molecule has 0 spiro atoms. The van der Waals surface area contributed by atoms with Gasteiger partial charge in [-0.05, 0) is 37.1 Å². The molecular weight excluding hydrogens is 250 g/mol. The first kappa shape index (κ1) is 12.6. The number of hydrogen-bond acceptors (Lipinski definition) is 5. The van der Waals surface area contributed by atoms with Crippen LogP contribution in [0.1, 0.15) is 11.1 Å². The highest BCUT2D eigenvalue weighted by Crippen LogP contribution is 2.25. The van der Waals surface area contributed by atoms with E-state index < -0.39 is 0 Å². The highest BCUT2D eigenvalue weighted by atomic mass is 35.5. The lowest BCUT2D eigenvalue weighted by atomic mass is 10.1. The number of benzene rings is 1. The molecule has 94 valence electrons. The van der Waals surface area contributed by atoms with Gasteiger partial charge < -0.3 is 10.6 Å². The Morgan fingerprint density at radius 3 is 2.50 bits per heavy atom. The quantitative estimate of drug-likeness (QED) is 0.902. The summed E-state index contributed by atoms with van der Waals surface area (Å²) in [6, 6.07) is 6.14. The third-order valence-electron chi connectivity index (χ3n) is 2.63. The number of aryl methyl sites for hydroxylation is 2. The lowest BCUT2D eigenvalue weighted by molar-refractivity contribution is 0.991. The Labute approximate surface area is 111 Å².